The van der Waals surface area contributed by atoms with E-state index >= 15 is 0 Å². The van der Waals surface area contributed by atoms with E-state index in [0.29, 0.717) is 22.7 Å². The lowest BCUT2D eigenvalue weighted by Gasteiger charge is -2.10. The Kier molecular flexibility index (Phi) is 5.46. The van der Waals surface area contributed by atoms with Gasteiger partial charge in [-0.1, -0.05) is 37.0 Å². The van der Waals surface area contributed by atoms with Crippen LogP contribution in [0.3, 0.4) is 0 Å². The number of methoxy groups -OCH3 is 1. The quantitative estimate of drug-likeness (QED) is 0.602. The summed E-state index contributed by atoms with van der Waals surface area (Å²) in [5.74, 6) is 0.907. The molecule has 1 heterocycles. The number of hydrogen-bond donors (Lipinski definition) is 0. The third kappa shape index (κ3) is 3.58. The van der Waals surface area contributed by atoms with Gasteiger partial charge in [0, 0.05) is 25.7 Å². The van der Waals surface area contributed by atoms with Gasteiger partial charge in [0.25, 0.3) is 0 Å². The molecule has 0 N–H and O–H groups in total. The van der Waals surface area contributed by atoms with Gasteiger partial charge in [-0.2, -0.15) is 0 Å². The lowest BCUT2D eigenvalue weighted by atomic mass is 10.1. The molecule has 0 amide bonds. The van der Waals surface area contributed by atoms with E-state index in [0.717, 1.165) is 18.4 Å². The van der Waals surface area contributed by atoms with Crippen molar-refractivity contribution in [3.05, 3.63) is 21.7 Å². The second-order valence-electron chi connectivity index (χ2n) is 3.89. The smallest absolute Gasteiger partial charge is 0.137 e. The van der Waals surface area contributed by atoms with Gasteiger partial charge in [0.15, 0.2) is 0 Å². The zero-order chi connectivity index (χ0) is 12.1. The zero-order valence-corrected chi connectivity index (χ0v) is 11.3. The highest BCUT2D eigenvalue weighted by atomic mass is 35.5. The van der Waals surface area contributed by atoms with E-state index in [4.69, 9.17) is 27.9 Å². The molecule has 0 fully saturated rings. The maximum atomic E-state index is 6.08. The van der Waals surface area contributed by atoms with Crippen LogP contribution in [0.15, 0.2) is 0 Å². The van der Waals surface area contributed by atoms with Crippen LogP contribution in [0.4, 0.5) is 0 Å². The van der Waals surface area contributed by atoms with Crippen molar-refractivity contribution in [2.45, 2.75) is 32.6 Å². The molecule has 0 spiro atoms. The first-order valence-corrected chi connectivity index (χ1v) is 6.02. The number of hydrogen-bond acceptors (Lipinski definition) is 3. The summed E-state index contributed by atoms with van der Waals surface area (Å²) < 4.78 is 4.96. The Bertz CT molecular complexity index is 333. The minimum Gasteiger partial charge on any atom is -0.385 e. The van der Waals surface area contributed by atoms with Crippen molar-refractivity contribution in [3.8, 4) is 0 Å². The van der Waals surface area contributed by atoms with Crippen molar-refractivity contribution < 1.29 is 4.74 Å². The first-order chi connectivity index (χ1) is 7.56. The summed E-state index contributed by atoms with van der Waals surface area (Å²) >= 11 is 12.2. The fourth-order valence-corrected chi connectivity index (χ4v) is 2.28. The van der Waals surface area contributed by atoms with Gasteiger partial charge < -0.3 is 4.74 Å². The molecule has 0 aromatic carbocycles. The van der Waals surface area contributed by atoms with E-state index in [2.05, 4.69) is 9.97 Å². The van der Waals surface area contributed by atoms with E-state index in [1.807, 2.05) is 13.8 Å². The molecule has 0 aliphatic heterocycles. The van der Waals surface area contributed by atoms with Crippen molar-refractivity contribution >= 4 is 23.2 Å². The number of ether oxygens (including phenoxy) is 1. The predicted octanol–water partition coefficient (Wildman–Crippen LogP) is 3.49. The van der Waals surface area contributed by atoms with E-state index in [-0.39, 0.29) is 5.92 Å². The topological polar surface area (TPSA) is 35.0 Å². The van der Waals surface area contributed by atoms with Crippen molar-refractivity contribution in [2.75, 3.05) is 13.7 Å². The fourth-order valence-electron chi connectivity index (χ4n) is 1.42. The van der Waals surface area contributed by atoms with Gasteiger partial charge in [-0.3, -0.25) is 0 Å². The normalized spacial score (nSPS) is 11.1. The lowest BCUT2D eigenvalue weighted by Crippen LogP contribution is -2.03. The van der Waals surface area contributed by atoms with Crippen LogP contribution in [0.2, 0.25) is 10.3 Å². The highest BCUT2D eigenvalue weighted by molar-refractivity contribution is 6.34. The summed E-state index contributed by atoms with van der Waals surface area (Å²) in [5.41, 5.74) is 0.818. The summed E-state index contributed by atoms with van der Waals surface area (Å²) in [6.07, 6.45) is 1.59. The second kappa shape index (κ2) is 6.38. The third-order valence-corrected chi connectivity index (χ3v) is 2.80. The van der Waals surface area contributed by atoms with E-state index < -0.39 is 0 Å². The van der Waals surface area contributed by atoms with Crippen LogP contribution in [-0.4, -0.2) is 23.7 Å². The Morgan fingerprint density at radius 2 is 1.75 bits per heavy atom. The summed E-state index contributed by atoms with van der Waals surface area (Å²) in [5, 5.41) is 0.921. The molecular formula is C11H16Cl2N2O. The van der Waals surface area contributed by atoms with Crippen molar-refractivity contribution in [1.29, 1.82) is 0 Å². The molecule has 3 nitrogen and oxygen atoms in total. The molecule has 0 atom stereocenters. The average Bonchev–Trinajstić information content (AvgIpc) is 2.16. The number of aromatic nitrogens is 2. The average molecular weight is 263 g/mol. The molecule has 0 bridgehead atoms. The van der Waals surface area contributed by atoms with Gasteiger partial charge in [-0.25, -0.2) is 9.97 Å². The standard InChI is InChI=1S/C11H16Cl2N2O/c1-7(2)9-10(12)14-8(15-11(9)13)5-4-6-16-3/h7H,4-6H2,1-3H3. The Morgan fingerprint density at radius 3 is 2.19 bits per heavy atom. The van der Waals surface area contributed by atoms with Gasteiger partial charge >= 0.3 is 0 Å². The number of aryl methyl sites for hydroxylation is 1. The Labute approximate surface area is 106 Å². The maximum Gasteiger partial charge on any atom is 0.137 e. The number of nitrogens with zero attached hydrogens (tertiary/aromatic N) is 2. The first kappa shape index (κ1) is 13.7. The van der Waals surface area contributed by atoms with Crippen molar-refractivity contribution in [2.24, 2.45) is 0 Å². The Hall–Kier alpha value is -0.380. The lowest BCUT2D eigenvalue weighted by molar-refractivity contribution is 0.194. The largest absolute Gasteiger partial charge is 0.385 e. The predicted molar refractivity (Wildman–Crippen MR) is 66.3 cm³/mol. The molecule has 1 rings (SSSR count). The van der Waals surface area contributed by atoms with Gasteiger partial charge in [-0.15, -0.1) is 0 Å². The first-order valence-electron chi connectivity index (χ1n) is 5.27. The third-order valence-electron chi connectivity index (χ3n) is 2.23. The molecule has 0 unspecified atom stereocenters. The number of halogens is 2. The van der Waals surface area contributed by atoms with Crippen molar-refractivity contribution in [3.63, 3.8) is 0 Å². The molecule has 1 aromatic heterocycles. The van der Waals surface area contributed by atoms with Gasteiger partial charge in [-0.05, 0) is 12.3 Å². The van der Waals surface area contributed by atoms with E-state index in [9.17, 15) is 0 Å². The van der Waals surface area contributed by atoms with Gasteiger partial charge in [0.1, 0.15) is 16.1 Å². The monoisotopic (exact) mass is 262 g/mol. The van der Waals surface area contributed by atoms with Crippen LogP contribution in [-0.2, 0) is 11.2 Å². The molecule has 90 valence electrons. The fraction of sp³-hybridized carbons (Fsp3) is 0.636. The van der Waals surface area contributed by atoms with Crippen LogP contribution in [0, 0.1) is 0 Å². The van der Waals surface area contributed by atoms with Crippen LogP contribution in [0.25, 0.3) is 0 Å². The summed E-state index contributed by atoms with van der Waals surface area (Å²) in [6.45, 7) is 4.71. The molecule has 0 saturated carbocycles. The molecule has 0 aliphatic rings. The highest BCUT2D eigenvalue weighted by Crippen LogP contribution is 2.28. The zero-order valence-electron chi connectivity index (χ0n) is 9.76. The number of rotatable bonds is 5. The summed E-state index contributed by atoms with van der Waals surface area (Å²) in [6, 6.07) is 0. The SMILES string of the molecule is COCCCc1nc(Cl)c(C(C)C)c(Cl)n1. The van der Waals surface area contributed by atoms with E-state index in [1.54, 1.807) is 7.11 Å². The Balaban J connectivity index is 2.83. The minimum atomic E-state index is 0.230. The molecule has 16 heavy (non-hydrogen) atoms. The van der Waals surface area contributed by atoms with Crippen LogP contribution >= 0.6 is 23.2 Å². The van der Waals surface area contributed by atoms with Crippen LogP contribution in [0.5, 0.6) is 0 Å². The van der Waals surface area contributed by atoms with Gasteiger partial charge in [0.2, 0.25) is 0 Å². The summed E-state index contributed by atoms with van der Waals surface area (Å²) in [4.78, 5) is 8.48. The molecule has 5 heteroatoms. The molecule has 0 aliphatic carbocycles. The molecule has 0 saturated heterocycles. The molecule has 0 radical (unpaired) electrons. The maximum absolute atomic E-state index is 6.08. The minimum absolute atomic E-state index is 0.230. The van der Waals surface area contributed by atoms with Crippen LogP contribution < -0.4 is 0 Å². The van der Waals surface area contributed by atoms with E-state index in [1.165, 1.54) is 0 Å². The molecular weight excluding hydrogens is 247 g/mol. The Morgan fingerprint density at radius 1 is 1.19 bits per heavy atom. The van der Waals surface area contributed by atoms with Gasteiger partial charge in [0.05, 0.1) is 0 Å². The summed E-state index contributed by atoms with van der Waals surface area (Å²) in [7, 11) is 1.67. The van der Waals surface area contributed by atoms with Crippen molar-refractivity contribution in [1.82, 2.24) is 9.97 Å². The van der Waals surface area contributed by atoms with Crippen LogP contribution in [0.1, 0.15) is 37.6 Å². The highest BCUT2D eigenvalue weighted by Gasteiger charge is 2.14. The molecule has 1 aromatic rings. The second-order valence-corrected chi connectivity index (χ2v) is 4.60.